The van der Waals surface area contributed by atoms with E-state index in [1.165, 1.54) is 29.7 Å². The predicted octanol–water partition coefficient (Wildman–Crippen LogP) is 4.50. The summed E-state index contributed by atoms with van der Waals surface area (Å²) in [7, 11) is 4.15. The molecule has 1 heterocycles. The van der Waals surface area contributed by atoms with Crippen LogP contribution < -0.4 is 20.9 Å². The summed E-state index contributed by atoms with van der Waals surface area (Å²) in [6.45, 7) is 0.814. The Balaban J connectivity index is 1.22. The number of fused-ring (bicyclic) bond motifs is 1. The second kappa shape index (κ2) is 11.3. The molecule has 178 valence electrons. The van der Waals surface area contributed by atoms with Gasteiger partial charge in [0.1, 0.15) is 5.82 Å². The number of rotatable bonds is 7. The zero-order valence-corrected chi connectivity index (χ0v) is 21.2. The van der Waals surface area contributed by atoms with Crippen molar-refractivity contribution < 1.29 is 0 Å². The minimum Gasteiger partial charge on any atom is -0.362 e. The monoisotopic (exact) mass is 486 g/mol. The van der Waals surface area contributed by atoms with Gasteiger partial charge >= 0.3 is 0 Å². The van der Waals surface area contributed by atoms with Crippen LogP contribution in [0.5, 0.6) is 0 Å². The van der Waals surface area contributed by atoms with Crippen molar-refractivity contribution in [1.82, 2.24) is 20.6 Å². The predicted molar refractivity (Wildman–Crippen MR) is 142 cm³/mol. The Labute approximate surface area is 207 Å². The van der Waals surface area contributed by atoms with E-state index in [1.54, 1.807) is 0 Å². The highest BCUT2D eigenvalue weighted by Gasteiger charge is 2.24. The molecule has 33 heavy (non-hydrogen) atoms. The fourth-order valence-electron chi connectivity index (χ4n) is 4.78. The van der Waals surface area contributed by atoms with E-state index in [0.29, 0.717) is 12.1 Å². The Morgan fingerprint density at radius 3 is 2.45 bits per heavy atom. The van der Waals surface area contributed by atoms with Gasteiger partial charge in [-0.1, -0.05) is 23.7 Å². The third kappa shape index (κ3) is 6.70. The fraction of sp³-hybridized carbons (Fsp3) is 0.560. The number of hydrogen-bond donors (Lipinski definition) is 3. The summed E-state index contributed by atoms with van der Waals surface area (Å²) in [6, 6.07) is 8.80. The number of aromatic nitrogens is 2. The van der Waals surface area contributed by atoms with Gasteiger partial charge in [-0.15, -0.1) is 0 Å². The maximum absolute atomic E-state index is 5.95. The maximum Gasteiger partial charge on any atom is 0.225 e. The van der Waals surface area contributed by atoms with Gasteiger partial charge < -0.3 is 20.9 Å². The van der Waals surface area contributed by atoms with E-state index in [4.69, 9.17) is 33.8 Å². The zero-order chi connectivity index (χ0) is 23.2. The minimum atomic E-state index is 0.408. The van der Waals surface area contributed by atoms with Crippen molar-refractivity contribution >= 4 is 40.7 Å². The van der Waals surface area contributed by atoms with E-state index in [2.05, 4.69) is 47.1 Å². The van der Waals surface area contributed by atoms with E-state index < -0.39 is 0 Å². The molecule has 1 aromatic carbocycles. The van der Waals surface area contributed by atoms with E-state index in [-0.39, 0.29) is 0 Å². The van der Waals surface area contributed by atoms with Crippen molar-refractivity contribution in [3.8, 4) is 0 Å². The van der Waals surface area contributed by atoms with Crippen LogP contribution in [0.2, 0.25) is 5.02 Å². The number of thiocarbonyl (C=S) groups is 1. The molecule has 0 radical (unpaired) electrons. The van der Waals surface area contributed by atoms with Gasteiger partial charge in [-0.2, -0.15) is 4.98 Å². The molecule has 0 bridgehead atoms. The van der Waals surface area contributed by atoms with Crippen molar-refractivity contribution in [2.75, 3.05) is 30.9 Å². The molecule has 0 atom stereocenters. The van der Waals surface area contributed by atoms with Gasteiger partial charge in [-0.25, -0.2) is 4.98 Å². The molecule has 0 spiro atoms. The van der Waals surface area contributed by atoms with Gasteiger partial charge in [-0.3, -0.25) is 0 Å². The summed E-state index contributed by atoms with van der Waals surface area (Å²) >= 11 is 11.5. The van der Waals surface area contributed by atoms with Crippen LogP contribution in [0.1, 0.15) is 55.3 Å². The lowest BCUT2D eigenvalue weighted by Crippen LogP contribution is -2.45. The normalized spacial score (nSPS) is 20.0. The molecule has 6 nitrogen and oxygen atoms in total. The molecule has 2 aromatic rings. The number of nitrogens with one attached hydrogen (secondary N) is 3. The molecule has 1 aromatic heterocycles. The van der Waals surface area contributed by atoms with E-state index >= 15 is 0 Å². The Morgan fingerprint density at radius 1 is 1.03 bits per heavy atom. The number of anilines is 2. The first kappa shape index (κ1) is 24.0. The summed E-state index contributed by atoms with van der Waals surface area (Å²) in [5.41, 5.74) is 3.82. The van der Waals surface area contributed by atoms with Crippen LogP contribution in [0.25, 0.3) is 0 Å². The Hall–Kier alpha value is -2.12. The minimum absolute atomic E-state index is 0.408. The van der Waals surface area contributed by atoms with Crippen molar-refractivity contribution in [3.63, 3.8) is 0 Å². The molecule has 2 aliphatic rings. The number of halogens is 1. The van der Waals surface area contributed by atoms with E-state index in [9.17, 15) is 0 Å². The first-order valence-corrected chi connectivity index (χ1v) is 12.9. The van der Waals surface area contributed by atoms with Crippen molar-refractivity contribution in [2.24, 2.45) is 0 Å². The quantitative estimate of drug-likeness (QED) is 0.498. The fourth-order valence-corrected chi connectivity index (χ4v) is 5.18. The lowest BCUT2D eigenvalue weighted by molar-refractivity contribution is 0.385. The highest BCUT2D eigenvalue weighted by atomic mass is 35.5. The van der Waals surface area contributed by atoms with Crippen LogP contribution in [0.4, 0.5) is 11.8 Å². The lowest BCUT2D eigenvalue weighted by atomic mass is 9.91. The molecule has 0 aliphatic heterocycles. The van der Waals surface area contributed by atoms with Crippen LogP contribution in [0, 0.1) is 0 Å². The molecular weight excluding hydrogens is 452 g/mol. The summed E-state index contributed by atoms with van der Waals surface area (Å²) in [6.07, 6.45) is 9.88. The topological polar surface area (TPSA) is 65.1 Å². The Morgan fingerprint density at radius 2 is 1.73 bits per heavy atom. The van der Waals surface area contributed by atoms with E-state index in [1.807, 2.05) is 12.1 Å². The molecule has 0 unspecified atom stereocenters. The third-order valence-corrected chi connectivity index (χ3v) is 7.11. The molecule has 1 saturated carbocycles. The summed E-state index contributed by atoms with van der Waals surface area (Å²) in [5.74, 6) is 1.86. The van der Waals surface area contributed by atoms with Gasteiger partial charge in [0.25, 0.3) is 0 Å². The number of nitrogens with zero attached hydrogens (tertiary/aromatic N) is 3. The maximum atomic E-state index is 5.95. The van der Waals surface area contributed by atoms with Crippen LogP contribution in [-0.2, 0) is 19.3 Å². The number of aryl methyl sites for hydroxylation is 1. The van der Waals surface area contributed by atoms with Crippen molar-refractivity contribution in [2.45, 2.75) is 69.9 Å². The van der Waals surface area contributed by atoms with Gasteiger partial charge in [0, 0.05) is 43.3 Å². The summed E-state index contributed by atoms with van der Waals surface area (Å²) in [4.78, 5) is 11.9. The second-order valence-electron chi connectivity index (χ2n) is 9.37. The van der Waals surface area contributed by atoms with Gasteiger partial charge in [0.2, 0.25) is 5.95 Å². The average Bonchev–Trinajstić information content (AvgIpc) is 2.81. The van der Waals surface area contributed by atoms with E-state index in [0.717, 1.165) is 73.4 Å². The molecule has 0 saturated heterocycles. The van der Waals surface area contributed by atoms with Crippen LogP contribution in [0.3, 0.4) is 0 Å². The van der Waals surface area contributed by atoms with Gasteiger partial charge in [-0.05, 0) is 87.7 Å². The Bertz CT molecular complexity index is 941. The lowest BCUT2D eigenvalue weighted by Gasteiger charge is -2.31. The van der Waals surface area contributed by atoms with Crippen LogP contribution in [-0.4, -0.2) is 47.8 Å². The molecule has 8 heteroatoms. The second-order valence-corrected chi connectivity index (χ2v) is 10.2. The van der Waals surface area contributed by atoms with Crippen LogP contribution >= 0.6 is 23.8 Å². The molecule has 0 amide bonds. The number of hydrogen-bond acceptors (Lipinski definition) is 5. The average molecular weight is 487 g/mol. The van der Waals surface area contributed by atoms with Gasteiger partial charge in [0.15, 0.2) is 5.11 Å². The third-order valence-electron chi connectivity index (χ3n) is 6.59. The van der Waals surface area contributed by atoms with Gasteiger partial charge in [0.05, 0.1) is 5.69 Å². The Kier molecular flexibility index (Phi) is 8.25. The first-order chi connectivity index (χ1) is 16.0. The zero-order valence-electron chi connectivity index (χ0n) is 19.7. The molecular formula is C25H35ClN6S. The molecule has 2 aliphatic carbocycles. The first-order valence-electron chi connectivity index (χ1n) is 12.1. The van der Waals surface area contributed by atoms with Crippen molar-refractivity contribution in [1.29, 1.82) is 0 Å². The SMILES string of the molecule is CN(C)c1nc(N[C@H]2CC[C@@H](NC(=S)NCCc3ccc(Cl)cc3)CC2)nc2c1CCCC2. The standard InChI is InChI=1S/C25H35ClN6S/c1-32(2)23-21-5-3-4-6-22(21)30-24(31-23)28-19-11-13-20(14-12-19)29-25(33)27-16-15-17-7-9-18(26)10-8-17/h7-10,19-20H,3-6,11-16H2,1-2H3,(H2,27,29,33)(H,28,30,31)/t19-,20+. The highest BCUT2D eigenvalue weighted by molar-refractivity contribution is 7.80. The molecule has 1 fully saturated rings. The number of benzene rings is 1. The summed E-state index contributed by atoms with van der Waals surface area (Å²) < 4.78 is 0. The van der Waals surface area contributed by atoms with Crippen molar-refractivity contribution in [3.05, 3.63) is 46.1 Å². The summed E-state index contributed by atoms with van der Waals surface area (Å²) in [5, 5.41) is 12.0. The highest BCUT2D eigenvalue weighted by Crippen LogP contribution is 2.29. The largest absolute Gasteiger partial charge is 0.362 e. The molecule has 4 rings (SSSR count). The molecule has 3 N–H and O–H groups in total. The van der Waals surface area contributed by atoms with Crippen LogP contribution in [0.15, 0.2) is 24.3 Å². The smallest absolute Gasteiger partial charge is 0.225 e.